The first-order chi connectivity index (χ1) is 13.2. The van der Waals surface area contributed by atoms with Crippen LogP contribution in [0.5, 0.6) is 0 Å². The Kier molecular flexibility index (Phi) is 6.18. The van der Waals surface area contributed by atoms with Crippen LogP contribution in [0.15, 0.2) is 59.5 Å². The molecule has 3 rings (SSSR count). The van der Waals surface area contributed by atoms with Crippen LogP contribution < -0.4 is 0 Å². The number of nitrogens with zero attached hydrogens (tertiary/aromatic N) is 6. The largest absolute Gasteiger partial charge is 0.341 e. The number of aromatic nitrogens is 4. The third kappa shape index (κ3) is 4.51. The number of rotatable bonds is 7. The summed E-state index contributed by atoms with van der Waals surface area (Å²) in [6.45, 7) is 0.403. The molecule has 1 heterocycles. The third-order valence-corrected chi connectivity index (χ3v) is 4.98. The van der Waals surface area contributed by atoms with E-state index >= 15 is 0 Å². The van der Waals surface area contributed by atoms with Gasteiger partial charge in [-0.3, -0.25) is 4.79 Å². The number of thioether (sulfide) groups is 1. The molecule has 0 saturated heterocycles. The Bertz CT molecular complexity index is 950. The molecule has 0 saturated carbocycles. The van der Waals surface area contributed by atoms with E-state index in [1.54, 1.807) is 22.7 Å². The maximum atomic E-state index is 12.7. The highest BCUT2D eigenvalue weighted by Crippen LogP contribution is 2.27. The molecule has 0 radical (unpaired) electrons. The summed E-state index contributed by atoms with van der Waals surface area (Å²) < 4.78 is 1.69. The van der Waals surface area contributed by atoms with Crippen molar-refractivity contribution in [2.75, 3.05) is 13.6 Å². The summed E-state index contributed by atoms with van der Waals surface area (Å²) in [6.07, 6.45) is 0.309. The van der Waals surface area contributed by atoms with E-state index in [9.17, 15) is 4.79 Å². The number of para-hydroxylation sites is 1. The van der Waals surface area contributed by atoms with Crippen molar-refractivity contribution >= 4 is 17.7 Å². The van der Waals surface area contributed by atoms with Crippen LogP contribution in [0.1, 0.15) is 22.6 Å². The Morgan fingerprint density at radius 2 is 1.93 bits per heavy atom. The molecule has 0 unspecified atom stereocenters. The number of hydrogen-bond acceptors (Lipinski definition) is 6. The van der Waals surface area contributed by atoms with Crippen molar-refractivity contribution in [2.24, 2.45) is 0 Å². The number of nitriles is 1. The molecule has 0 bridgehead atoms. The maximum absolute atomic E-state index is 12.7. The molecule has 0 aliphatic heterocycles. The van der Waals surface area contributed by atoms with Crippen molar-refractivity contribution in [1.29, 1.82) is 5.26 Å². The Balaban J connectivity index is 1.76. The number of hydrogen-bond donors (Lipinski definition) is 0. The minimum Gasteiger partial charge on any atom is -0.341 e. The van der Waals surface area contributed by atoms with E-state index in [0.717, 1.165) is 10.6 Å². The van der Waals surface area contributed by atoms with Gasteiger partial charge in [0.2, 0.25) is 0 Å². The number of carbonyl (C=O) groups excluding carboxylic acids is 1. The lowest BCUT2D eigenvalue weighted by Gasteiger charge is -2.17. The van der Waals surface area contributed by atoms with Gasteiger partial charge in [0.15, 0.2) is 5.82 Å². The van der Waals surface area contributed by atoms with Crippen LogP contribution in [-0.4, -0.2) is 44.6 Å². The van der Waals surface area contributed by atoms with E-state index in [1.807, 2.05) is 48.5 Å². The average Bonchev–Trinajstić information content (AvgIpc) is 3.19. The first-order valence-electron chi connectivity index (χ1n) is 8.37. The van der Waals surface area contributed by atoms with Crippen molar-refractivity contribution in [1.82, 2.24) is 25.1 Å². The van der Waals surface area contributed by atoms with Crippen LogP contribution in [0.4, 0.5) is 0 Å². The molecule has 3 aromatic rings. The quantitative estimate of drug-likeness (QED) is 0.588. The van der Waals surface area contributed by atoms with E-state index in [0.29, 0.717) is 30.1 Å². The maximum Gasteiger partial charge on any atom is 0.254 e. The molecule has 0 spiro atoms. The van der Waals surface area contributed by atoms with Gasteiger partial charge >= 0.3 is 0 Å². The van der Waals surface area contributed by atoms with Gasteiger partial charge in [0.05, 0.1) is 29.5 Å². The molecule has 1 amide bonds. The fraction of sp³-hybridized carbons (Fsp3) is 0.211. The minimum absolute atomic E-state index is 0.101. The van der Waals surface area contributed by atoms with Crippen LogP contribution in [0, 0.1) is 11.3 Å². The molecule has 0 aliphatic rings. The molecule has 0 aliphatic carbocycles. The van der Waals surface area contributed by atoms with Crippen molar-refractivity contribution in [3.63, 3.8) is 0 Å². The van der Waals surface area contributed by atoms with Crippen LogP contribution >= 0.6 is 11.8 Å². The van der Waals surface area contributed by atoms with Gasteiger partial charge in [0, 0.05) is 18.5 Å². The highest BCUT2D eigenvalue weighted by Gasteiger charge is 2.17. The molecular weight excluding hydrogens is 360 g/mol. The highest BCUT2D eigenvalue weighted by atomic mass is 32.2. The summed E-state index contributed by atoms with van der Waals surface area (Å²) in [5.74, 6) is 1.12. The molecule has 136 valence electrons. The second-order valence-electron chi connectivity index (χ2n) is 5.76. The molecule has 7 nitrogen and oxygen atoms in total. The second-order valence-corrected chi connectivity index (χ2v) is 6.78. The first kappa shape index (κ1) is 18.6. The van der Waals surface area contributed by atoms with Gasteiger partial charge in [-0.2, -0.15) is 9.94 Å². The smallest absolute Gasteiger partial charge is 0.254 e. The number of carbonyl (C=O) groups is 1. The van der Waals surface area contributed by atoms with Crippen LogP contribution in [-0.2, 0) is 5.75 Å². The summed E-state index contributed by atoms with van der Waals surface area (Å²) in [7, 11) is 1.71. The molecule has 1 aromatic heterocycles. The van der Waals surface area contributed by atoms with Crippen molar-refractivity contribution in [3.05, 3.63) is 66.0 Å². The topological polar surface area (TPSA) is 87.7 Å². The Hall–Kier alpha value is -3.18. The van der Waals surface area contributed by atoms with Gasteiger partial charge in [-0.05, 0) is 34.7 Å². The first-order valence-corrected chi connectivity index (χ1v) is 9.36. The van der Waals surface area contributed by atoms with Gasteiger partial charge in [0.25, 0.3) is 5.91 Å². The fourth-order valence-corrected chi connectivity index (χ4v) is 3.45. The molecule has 2 aromatic carbocycles. The van der Waals surface area contributed by atoms with Crippen molar-refractivity contribution in [3.8, 4) is 11.8 Å². The monoisotopic (exact) mass is 378 g/mol. The van der Waals surface area contributed by atoms with Gasteiger partial charge in [0.1, 0.15) is 0 Å². The lowest BCUT2D eigenvalue weighted by molar-refractivity contribution is 0.0794. The molecule has 0 N–H and O–H groups in total. The zero-order valence-corrected chi connectivity index (χ0v) is 15.6. The van der Waals surface area contributed by atoms with E-state index in [1.165, 1.54) is 11.8 Å². The fourth-order valence-electron chi connectivity index (χ4n) is 2.50. The minimum atomic E-state index is -0.101. The zero-order valence-electron chi connectivity index (χ0n) is 14.8. The summed E-state index contributed by atoms with van der Waals surface area (Å²) in [5.41, 5.74) is 1.50. The van der Waals surface area contributed by atoms with E-state index in [-0.39, 0.29) is 5.91 Å². The molecule has 0 atom stereocenters. The SMILES string of the molecule is CN(CCC#N)C(=O)c1ccccc1SCc1nnnn1-c1ccccc1. The number of tetrazole rings is 1. The molecular formula is C19H18N6OS. The average molecular weight is 378 g/mol. The van der Waals surface area contributed by atoms with Crippen molar-refractivity contribution < 1.29 is 4.79 Å². The summed E-state index contributed by atoms with van der Waals surface area (Å²) in [6, 6.07) is 19.2. The summed E-state index contributed by atoms with van der Waals surface area (Å²) >= 11 is 1.51. The Morgan fingerprint density at radius 1 is 1.19 bits per heavy atom. The van der Waals surface area contributed by atoms with E-state index < -0.39 is 0 Å². The normalized spacial score (nSPS) is 10.4. The number of benzene rings is 2. The second kappa shape index (κ2) is 8.96. The molecule has 27 heavy (non-hydrogen) atoms. The predicted molar refractivity (Wildman–Crippen MR) is 102 cm³/mol. The van der Waals surface area contributed by atoms with Crippen molar-refractivity contribution in [2.45, 2.75) is 17.1 Å². The van der Waals surface area contributed by atoms with Gasteiger partial charge in [-0.1, -0.05) is 30.3 Å². The molecule has 8 heteroatoms. The van der Waals surface area contributed by atoms with E-state index in [4.69, 9.17) is 5.26 Å². The van der Waals surface area contributed by atoms with E-state index in [2.05, 4.69) is 21.6 Å². The summed E-state index contributed by atoms with van der Waals surface area (Å²) in [5, 5.41) is 20.7. The standard InChI is InChI=1S/C19H18N6OS/c1-24(13-7-12-20)19(26)16-10-5-6-11-17(16)27-14-18-21-22-23-25(18)15-8-3-2-4-9-15/h2-6,8-11H,7,13-14H2,1H3. The van der Waals surface area contributed by atoms with Crippen LogP contribution in [0.25, 0.3) is 5.69 Å². The predicted octanol–water partition coefficient (Wildman–Crippen LogP) is 2.94. The van der Waals surface area contributed by atoms with Gasteiger partial charge in [-0.25, -0.2) is 0 Å². The van der Waals surface area contributed by atoms with Crippen LogP contribution in [0.2, 0.25) is 0 Å². The summed E-state index contributed by atoms with van der Waals surface area (Å²) in [4.78, 5) is 15.1. The van der Waals surface area contributed by atoms with Gasteiger partial charge < -0.3 is 4.90 Å². The Morgan fingerprint density at radius 3 is 2.70 bits per heavy atom. The lowest BCUT2D eigenvalue weighted by Crippen LogP contribution is -2.28. The highest BCUT2D eigenvalue weighted by molar-refractivity contribution is 7.98. The Labute approximate surface area is 161 Å². The number of amides is 1. The zero-order chi connectivity index (χ0) is 19.1. The van der Waals surface area contributed by atoms with Gasteiger partial charge in [-0.15, -0.1) is 16.9 Å². The van der Waals surface area contributed by atoms with Crippen LogP contribution in [0.3, 0.4) is 0 Å². The molecule has 0 fully saturated rings. The third-order valence-electron chi connectivity index (χ3n) is 3.91. The lowest BCUT2D eigenvalue weighted by atomic mass is 10.2.